The Labute approximate surface area is 153 Å². The molecule has 0 aliphatic heterocycles. The Morgan fingerprint density at radius 1 is 0.923 bits per heavy atom. The lowest BCUT2D eigenvalue weighted by atomic mass is 10.0. The summed E-state index contributed by atoms with van der Waals surface area (Å²) in [6, 6.07) is 24.9. The first-order chi connectivity index (χ1) is 12.7. The number of methoxy groups -OCH3 is 1. The first-order valence-electron chi connectivity index (χ1n) is 8.20. The molecule has 0 radical (unpaired) electrons. The number of rotatable bonds is 6. The Bertz CT molecular complexity index is 878. The van der Waals surface area contributed by atoms with E-state index in [1.165, 1.54) is 0 Å². The van der Waals surface area contributed by atoms with Crippen molar-refractivity contribution >= 4 is 11.4 Å². The molecule has 3 aromatic rings. The molecule has 0 saturated carbocycles. The Kier molecular flexibility index (Phi) is 5.34. The number of phenols is 1. The van der Waals surface area contributed by atoms with Gasteiger partial charge in [0, 0.05) is 22.8 Å². The molecule has 3 rings (SSSR count). The van der Waals surface area contributed by atoms with Crippen LogP contribution >= 0.6 is 0 Å². The smallest absolute Gasteiger partial charge is 0.128 e. The van der Waals surface area contributed by atoms with E-state index in [4.69, 9.17) is 4.74 Å². The van der Waals surface area contributed by atoms with E-state index in [0.717, 1.165) is 16.8 Å². The molecule has 0 bridgehead atoms. The predicted molar refractivity (Wildman–Crippen MR) is 105 cm³/mol. The van der Waals surface area contributed by atoms with E-state index >= 15 is 0 Å². The topological polar surface area (TPSA) is 53.9 Å². The summed E-state index contributed by atoms with van der Waals surface area (Å²) in [5, 5.41) is 14.7. The third-order valence-corrected chi connectivity index (χ3v) is 3.93. The minimum absolute atomic E-state index is 0.0815. The molecule has 2 N–H and O–H groups in total. The predicted octanol–water partition coefficient (Wildman–Crippen LogP) is 4.41. The van der Waals surface area contributed by atoms with Crippen LogP contribution in [0.25, 0.3) is 5.70 Å². The van der Waals surface area contributed by atoms with Crippen molar-refractivity contribution in [3.8, 4) is 11.5 Å². The normalized spacial score (nSPS) is 10.0. The highest BCUT2D eigenvalue weighted by atomic mass is 16.5. The molecule has 0 amide bonds. The summed E-state index contributed by atoms with van der Waals surface area (Å²) < 4.78 is 5.11. The fourth-order valence-corrected chi connectivity index (χ4v) is 2.57. The first kappa shape index (κ1) is 17.3. The lowest BCUT2D eigenvalue weighted by Gasteiger charge is -2.12. The summed E-state index contributed by atoms with van der Waals surface area (Å²) in [7, 11) is 1.55. The Balaban J connectivity index is 1.91. The summed E-state index contributed by atoms with van der Waals surface area (Å²) >= 11 is 0. The van der Waals surface area contributed by atoms with Gasteiger partial charge in [-0.05, 0) is 12.1 Å². The Hall–Kier alpha value is -3.53. The molecule has 0 unspecified atom stereocenters. The molecule has 0 heterocycles. The zero-order chi connectivity index (χ0) is 18.4. The van der Waals surface area contributed by atoms with Gasteiger partial charge in [0.1, 0.15) is 11.5 Å². The van der Waals surface area contributed by atoms with Crippen molar-refractivity contribution in [2.75, 3.05) is 7.11 Å². The van der Waals surface area contributed by atoms with Gasteiger partial charge >= 0.3 is 0 Å². The lowest BCUT2D eigenvalue weighted by Crippen LogP contribution is -2.11. The number of aromatic hydroxyl groups is 1. The van der Waals surface area contributed by atoms with Crippen LogP contribution in [-0.4, -0.2) is 17.9 Å². The minimum Gasteiger partial charge on any atom is -0.507 e. The van der Waals surface area contributed by atoms with Gasteiger partial charge in [-0.1, -0.05) is 67.2 Å². The number of nitrogens with one attached hydrogen (secondary N) is 1. The average molecular weight is 344 g/mol. The van der Waals surface area contributed by atoms with Crippen LogP contribution in [0.5, 0.6) is 11.5 Å². The number of hydrogen-bond donors (Lipinski definition) is 2. The van der Waals surface area contributed by atoms with Crippen molar-refractivity contribution in [3.05, 3.63) is 102 Å². The monoisotopic (exact) mass is 344 g/mol. The fraction of sp³-hybridized carbons (Fsp3) is 0.0455. The highest BCUT2D eigenvalue weighted by Gasteiger charge is 2.09. The van der Waals surface area contributed by atoms with Crippen molar-refractivity contribution in [2.24, 2.45) is 5.10 Å². The number of hydrazone groups is 1. The molecule has 0 aliphatic carbocycles. The van der Waals surface area contributed by atoms with Gasteiger partial charge in [-0.3, -0.25) is 5.43 Å². The van der Waals surface area contributed by atoms with Crippen molar-refractivity contribution in [1.29, 1.82) is 0 Å². The second kappa shape index (κ2) is 8.03. The Morgan fingerprint density at radius 2 is 1.50 bits per heavy atom. The van der Waals surface area contributed by atoms with Crippen LogP contribution < -0.4 is 10.2 Å². The summed E-state index contributed by atoms with van der Waals surface area (Å²) in [5.41, 5.74) is 6.79. The maximum absolute atomic E-state index is 10.2. The fourth-order valence-electron chi connectivity index (χ4n) is 2.57. The van der Waals surface area contributed by atoms with Crippen molar-refractivity contribution in [3.63, 3.8) is 0 Å². The lowest BCUT2D eigenvalue weighted by molar-refractivity contribution is 0.407. The highest BCUT2D eigenvalue weighted by Crippen LogP contribution is 2.27. The van der Waals surface area contributed by atoms with E-state index in [-0.39, 0.29) is 5.75 Å². The van der Waals surface area contributed by atoms with E-state index < -0.39 is 0 Å². The highest BCUT2D eigenvalue weighted by molar-refractivity contribution is 6.12. The molecule has 0 aliphatic rings. The number of hydrogen-bond acceptors (Lipinski definition) is 4. The van der Waals surface area contributed by atoms with E-state index in [1.807, 2.05) is 60.7 Å². The van der Waals surface area contributed by atoms with Gasteiger partial charge in [0.25, 0.3) is 0 Å². The maximum Gasteiger partial charge on any atom is 0.128 e. The van der Waals surface area contributed by atoms with E-state index in [0.29, 0.717) is 17.0 Å². The molecule has 4 nitrogen and oxygen atoms in total. The number of benzene rings is 3. The molecule has 0 spiro atoms. The van der Waals surface area contributed by atoms with E-state index in [2.05, 4.69) is 17.1 Å². The first-order valence-corrected chi connectivity index (χ1v) is 8.20. The second-order valence-electron chi connectivity index (χ2n) is 5.67. The average Bonchev–Trinajstić information content (AvgIpc) is 2.69. The molecule has 0 aromatic heterocycles. The number of ether oxygens (including phenoxy) is 1. The van der Waals surface area contributed by atoms with Crippen molar-refractivity contribution in [1.82, 2.24) is 5.43 Å². The van der Waals surface area contributed by atoms with Crippen molar-refractivity contribution in [2.45, 2.75) is 0 Å². The number of nitrogens with zero attached hydrogens (tertiary/aromatic N) is 1. The van der Waals surface area contributed by atoms with Crippen LogP contribution in [0.2, 0.25) is 0 Å². The van der Waals surface area contributed by atoms with Gasteiger partial charge in [-0.2, -0.15) is 5.10 Å². The van der Waals surface area contributed by atoms with Crippen LogP contribution in [0.3, 0.4) is 0 Å². The third kappa shape index (κ3) is 3.92. The summed E-state index contributed by atoms with van der Waals surface area (Å²) in [6.45, 7) is 3.98. The van der Waals surface area contributed by atoms with Crippen LogP contribution in [0.4, 0.5) is 0 Å². The maximum atomic E-state index is 10.2. The largest absolute Gasteiger partial charge is 0.507 e. The van der Waals surface area contributed by atoms with Crippen molar-refractivity contribution < 1.29 is 9.84 Å². The molecular weight excluding hydrogens is 324 g/mol. The van der Waals surface area contributed by atoms with Gasteiger partial charge in [0.2, 0.25) is 0 Å². The molecule has 4 heteroatoms. The SMILES string of the molecule is C=C(NN=C(c1ccccc1)c1ccccc1)c1ccc(OC)cc1O. The quantitative estimate of drug-likeness (QED) is 0.514. The third-order valence-electron chi connectivity index (χ3n) is 3.93. The molecule has 26 heavy (non-hydrogen) atoms. The minimum atomic E-state index is 0.0815. The molecule has 0 fully saturated rings. The summed E-state index contributed by atoms with van der Waals surface area (Å²) in [5.74, 6) is 0.662. The van der Waals surface area contributed by atoms with Gasteiger partial charge in [-0.25, -0.2) is 0 Å². The summed E-state index contributed by atoms with van der Waals surface area (Å²) in [6.07, 6.45) is 0. The molecule has 0 saturated heterocycles. The molecular formula is C22H20N2O2. The van der Waals surface area contributed by atoms with Crippen LogP contribution in [0.15, 0.2) is 90.5 Å². The molecule has 3 aromatic carbocycles. The van der Waals surface area contributed by atoms with Crippen LogP contribution in [-0.2, 0) is 0 Å². The van der Waals surface area contributed by atoms with Gasteiger partial charge in [0.05, 0.1) is 18.5 Å². The molecule has 130 valence electrons. The number of phenolic OH excluding ortho intramolecular Hbond substituents is 1. The Morgan fingerprint density at radius 3 is 2.00 bits per heavy atom. The van der Waals surface area contributed by atoms with E-state index in [9.17, 15) is 5.11 Å². The van der Waals surface area contributed by atoms with Gasteiger partial charge in [-0.15, -0.1) is 0 Å². The standard InChI is InChI=1S/C22H20N2O2/c1-16(20-14-13-19(26-2)15-21(20)25)23-24-22(17-9-5-3-6-10-17)18-11-7-4-8-12-18/h3-15,23,25H,1H2,2H3. The van der Waals surface area contributed by atoms with Crippen LogP contribution in [0, 0.1) is 0 Å². The zero-order valence-corrected chi connectivity index (χ0v) is 14.5. The zero-order valence-electron chi connectivity index (χ0n) is 14.5. The van der Waals surface area contributed by atoms with Gasteiger partial charge < -0.3 is 9.84 Å². The molecule has 0 atom stereocenters. The van der Waals surface area contributed by atoms with Gasteiger partial charge in [0.15, 0.2) is 0 Å². The van der Waals surface area contributed by atoms with E-state index in [1.54, 1.807) is 25.3 Å². The second-order valence-corrected chi connectivity index (χ2v) is 5.67. The van der Waals surface area contributed by atoms with Crippen LogP contribution in [0.1, 0.15) is 16.7 Å². The summed E-state index contributed by atoms with van der Waals surface area (Å²) in [4.78, 5) is 0.